The van der Waals surface area contributed by atoms with Crippen molar-refractivity contribution in [1.29, 1.82) is 0 Å². The van der Waals surface area contributed by atoms with E-state index >= 15 is 0 Å². The third-order valence-electron chi connectivity index (χ3n) is 3.83. The summed E-state index contributed by atoms with van der Waals surface area (Å²) in [7, 11) is 0. The molecular formula is C18H23ClIN3O3S. The smallest absolute Gasteiger partial charge is 0.231 e. The average Bonchev–Trinajstić information content (AvgIpc) is 3.27. The summed E-state index contributed by atoms with van der Waals surface area (Å²) in [5.41, 5.74) is 1.16. The summed E-state index contributed by atoms with van der Waals surface area (Å²) in [6.45, 7) is 4.02. The molecule has 0 fully saturated rings. The van der Waals surface area contributed by atoms with E-state index in [1.165, 1.54) is 11.3 Å². The van der Waals surface area contributed by atoms with Crippen molar-refractivity contribution in [2.45, 2.75) is 19.4 Å². The molecule has 1 aliphatic heterocycles. The first-order valence-corrected chi connectivity index (χ1v) is 9.69. The zero-order chi connectivity index (χ0) is 18.4. The van der Waals surface area contributed by atoms with Crippen molar-refractivity contribution in [3.8, 4) is 11.5 Å². The van der Waals surface area contributed by atoms with Gasteiger partial charge in [-0.1, -0.05) is 17.7 Å². The Hall–Kier alpha value is -1.23. The van der Waals surface area contributed by atoms with E-state index in [0.29, 0.717) is 16.8 Å². The van der Waals surface area contributed by atoms with Gasteiger partial charge in [-0.05, 0) is 43.2 Å². The first-order chi connectivity index (χ1) is 12.7. The van der Waals surface area contributed by atoms with Crippen LogP contribution in [0.25, 0.3) is 0 Å². The molecular weight excluding hydrogens is 501 g/mol. The average molecular weight is 524 g/mol. The Labute approximate surface area is 185 Å². The highest BCUT2D eigenvalue weighted by Gasteiger charge is 2.13. The van der Waals surface area contributed by atoms with Crippen molar-refractivity contribution in [1.82, 2.24) is 10.6 Å². The van der Waals surface area contributed by atoms with Crippen LogP contribution in [0.15, 0.2) is 35.3 Å². The number of aliphatic imine (C=N–C) groups is 1. The molecule has 0 bridgehead atoms. The van der Waals surface area contributed by atoms with Crippen LogP contribution in [0.1, 0.15) is 23.5 Å². The normalized spacial score (nSPS) is 13.8. The highest BCUT2D eigenvalue weighted by Crippen LogP contribution is 2.32. The van der Waals surface area contributed by atoms with Crippen molar-refractivity contribution >= 4 is 52.9 Å². The molecule has 0 radical (unpaired) electrons. The number of guanidine groups is 1. The van der Waals surface area contributed by atoms with E-state index < -0.39 is 6.10 Å². The number of hydrogen-bond acceptors (Lipinski definition) is 5. The summed E-state index contributed by atoms with van der Waals surface area (Å²) in [6, 6.07) is 9.57. The molecule has 27 heavy (non-hydrogen) atoms. The molecule has 2 heterocycles. The lowest BCUT2D eigenvalue weighted by molar-refractivity contribution is 0.174. The van der Waals surface area contributed by atoms with Gasteiger partial charge in [-0.2, -0.15) is 0 Å². The Balaban J connectivity index is 0.00000261. The van der Waals surface area contributed by atoms with Crippen LogP contribution in [-0.4, -0.2) is 37.5 Å². The van der Waals surface area contributed by atoms with Gasteiger partial charge in [0.05, 0.1) is 10.9 Å². The summed E-state index contributed by atoms with van der Waals surface area (Å²) >= 11 is 7.28. The van der Waals surface area contributed by atoms with Crippen LogP contribution in [-0.2, 0) is 6.42 Å². The van der Waals surface area contributed by atoms with Crippen molar-refractivity contribution in [3.63, 3.8) is 0 Å². The zero-order valence-electron chi connectivity index (χ0n) is 14.9. The van der Waals surface area contributed by atoms with Gasteiger partial charge in [-0.25, -0.2) is 0 Å². The fourth-order valence-corrected chi connectivity index (χ4v) is 3.58. The number of hydrogen-bond donors (Lipinski definition) is 3. The van der Waals surface area contributed by atoms with Gasteiger partial charge in [-0.3, -0.25) is 4.99 Å². The van der Waals surface area contributed by atoms with E-state index in [9.17, 15) is 5.11 Å². The van der Waals surface area contributed by atoms with Crippen LogP contribution < -0.4 is 20.1 Å². The summed E-state index contributed by atoms with van der Waals surface area (Å²) in [6.07, 6.45) is 0.168. The molecule has 0 saturated heterocycles. The number of thiophene rings is 1. The van der Waals surface area contributed by atoms with Crippen molar-refractivity contribution in [2.75, 3.05) is 26.4 Å². The van der Waals surface area contributed by atoms with E-state index in [-0.39, 0.29) is 37.3 Å². The number of ether oxygens (including phenoxy) is 2. The van der Waals surface area contributed by atoms with Crippen LogP contribution >= 0.6 is 46.9 Å². The SMILES string of the molecule is CCNC(=NCC(O)c1ccc(Cl)s1)NCCc1ccc2c(c1)OCO2.I. The Morgan fingerprint density at radius 3 is 2.81 bits per heavy atom. The second-order valence-electron chi connectivity index (χ2n) is 5.74. The minimum atomic E-state index is -0.656. The second-order valence-corrected chi connectivity index (χ2v) is 7.49. The summed E-state index contributed by atoms with van der Waals surface area (Å²) in [5.74, 6) is 2.26. The van der Waals surface area contributed by atoms with Crippen LogP contribution in [0.4, 0.5) is 0 Å². The second kappa shape index (κ2) is 10.9. The Bertz CT molecular complexity index is 772. The number of rotatable bonds is 7. The van der Waals surface area contributed by atoms with Crippen molar-refractivity contribution in [2.24, 2.45) is 4.99 Å². The Morgan fingerprint density at radius 1 is 1.26 bits per heavy atom. The molecule has 1 aromatic heterocycles. The van der Waals surface area contributed by atoms with Crippen LogP contribution in [0, 0.1) is 0 Å². The molecule has 1 aromatic carbocycles. The first-order valence-electron chi connectivity index (χ1n) is 8.49. The lowest BCUT2D eigenvalue weighted by Crippen LogP contribution is -2.38. The number of aliphatic hydroxyl groups excluding tert-OH is 1. The number of nitrogens with one attached hydrogen (secondary N) is 2. The minimum Gasteiger partial charge on any atom is -0.454 e. The molecule has 9 heteroatoms. The maximum absolute atomic E-state index is 10.2. The maximum Gasteiger partial charge on any atom is 0.231 e. The summed E-state index contributed by atoms with van der Waals surface area (Å²) < 4.78 is 11.4. The lowest BCUT2D eigenvalue weighted by Gasteiger charge is -2.13. The molecule has 0 aliphatic carbocycles. The van der Waals surface area contributed by atoms with Crippen LogP contribution in [0.3, 0.4) is 0 Å². The fraction of sp³-hybridized carbons (Fsp3) is 0.389. The molecule has 3 rings (SSSR count). The molecule has 148 valence electrons. The van der Waals surface area contributed by atoms with Gasteiger partial charge in [0.15, 0.2) is 17.5 Å². The zero-order valence-corrected chi connectivity index (χ0v) is 18.8. The third-order valence-corrected chi connectivity index (χ3v) is 5.16. The number of benzene rings is 1. The van der Waals surface area contributed by atoms with Gasteiger partial charge in [0.25, 0.3) is 0 Å². The van der Waals surface area contributed by atoms with Gasteiger partial charge < -0.3 is 25.2 Å². The lowest BCUT2D eigenvalue weighted by atomic mass is 10.1. The Kier molecular flexibility index (Phi) is 8.94. The number of nitrogens with zero attached hydrogens (tertiary/aromatic N) is 1. The quantitative estimate of drug-likeness (QED) is 0.294. The van der Waals surface area contributed by atoms with E-state index in [4.69, 9.17) is 21.1 Å². The van der Waals surface area contributed by atoms with Crippen LogP contribution in [0.2, 0.25) is 4.34 Å². The van der Waals surface area contributed by atoms with Gasteiger partial charge in [-0.15, -0.1) is 35.3 Å². The standard InChI is InChI=1S/C18H22ClN3O3S.HI/c1-2-20-18(22-10-13(23)16-5-6-17(19)26-16)21-8-7-12-3-4-14-15(9-12)25-11-24-14;/h3-6,9,13,23H,2,7-8,10-11H2,1H3,(H2,20,21,22);1H. The molecule has 1 unspecified atom stereocenters. The molecule has 0 amide bonds. The number of fused-ring (bicyclic) bond motifs is 1. The largest absolute Gasteiger partial charge is 0.454 e. The van der Waals surface area contributed by atoms with Gasteiger partial charge in [0.1, 0.15) is 6.10 Å². The molecule has 3 N–H and O–H groups in total. The first kappa shape index (κ1) is 22.1. The fourth-order valence-electron chi connectivity index (χ4n) is 2.54. The number of aliphatic hydroxyl groups is 1. The predicted molar refractivity (Wildman–Crippen MR) is 120 cm³/mol. The predicted octanol–water partition coefficient (Wildman–Crippen LogP) is 3.58. The van der Waals surface area contributed by atoms with Crippen molar-refractivity contribution < 1.29 is 14.6 Å². The van der Waals surface area contributed by atoms with E-state index in [1.54, 1.807) is 6.07 Å². The highest BCUT2D eigenvalue weighted by molar-refractivity contribution is 14.0. The molecule has 6 nitrogen and oxygen atoms in total. The van der Waals surface area contributed by atoms with E-state index in [0.717, 1.165) is 34.9 Å². The molecule has 2 aromatic rings. The van der Waals surface area contributed by atoms with Crippen LogP contribution in [0.5, 0.6) is 11.5 Å². The summed E-state index contributed by atoms with van der Waals surface area (Å²) in [5, 5.41) is 16.7. The van der Waals surface area contributed by atoms with Gasteiger partial charge in [0.2, 0.25) is 6.79 Å². The minimum absolute atomic E-state index is 0. The highest BCUT2D eigenvalue weighted by atomic mass is 127. The molecule has 0 saturated carbocycles. The third kappa shape index (κ3) is 6.41. The van der Waals surface area contributed by atoms with Crippen molar-refractivity contribution in [3.05, 3.63) is 45.1 Å². The summed E-state index contributed by atoms with van der Waals surface area (Å²) in [4.78, 5) is 5.27. The molecule has 1 atom stereocenters. The molecule has 0 spiro atoms. The molecule has 1 aliphatic rings. The van der Waals surface area contributed by atoms with Gasteiger partial charge in [0, 0.05) is 18.0 Å². The Morgan fingerprint density at radius 2 is 2.07 bits per heavy atom. The maximum atomic E-state index is 10.2. The van der Waals surface area contributed by atoms with E-state index in [2.05, 4.69) is 15.6 Å². The van der Waals surface area contributed by atoms with E-state index in [1.807, 2.05) is 31.2 Å². The number of halogens is 2. The topological polar surface area (TPSA) is 75.1 Å². The van der Waals surface area contributed by atoms with Gasteiger partial charge >= 0.3 is 0 Å². The monoisotopic (exact) mass is 523 g/mol.